The molecule has 0 aromatic heterocycles. The minimum atomic E-state index is 0.436. The highest BCUT2D eigenvalue weighted by molar-refractivity contribution is 9.10. The van der Waals surface area contributed by atoms with Crippen molar-refractivity contribution in [1.82, 2.24) is 0 Å². The molecular weight excluding hydrogens is 320 g/mol. The van der Waals surface area contributed by atoms with E-state index in [4.69, 9.17) is 18.0 Å². The maximum Gasteiger partial charge on any atom is 0.107 e. The van der Waals surface area contributed by atoms with Crippen LogP contribution in [0.15, 0.2) is 22.7 Å². The topological polar surface area (TPSA) is 38.0 Å². The van der Waals surface area contributed by atoms with Gasteiger partial charge in [-0.3, -0.25) is 0 Å². The molecule has 0 aliphatic heterocycles. The Balaban J connectivity index is 1.85. The van der Waals surface area contributed by atoms with Crippen molar-refractivity contribution in [1.29, 1.82) is 0 Å². The number of hydrogen-bond donors (Lipinski definition) is 2. The van der Waals surface area contributed by atoms with Crippen LogP contribution >= 0.6 is 28.1 Å². The molecule has 0 heterocycles. The highest BCUT2D eigenvalue weighted by Gasteiger charge is 2.14. The molecule has 0 atom stereocenters. The number of benzene rings is 1. The molecule has 2 nitrogen and oxygen atoms in total. The average molecular weight is 341 g/mol. The van der Waals surface area contributed by atoms with Crippen molar-refractivity contribution in [3.63, 3.8) is 0 Å². The standard InChI is InChI=1S/C15H21BrN2S/c16-12-8-3-9-13(14(12)15(17)19)18-10-4-7-11-5-1-2-6-11/h3,8-9,11,18H,1-2,4-7,10H2,(H2,17,19). The average Bonchev–Trinajstić information content (AvgIpc) is 2.87. The van der Waals surface area contributed by atoms with E-state index in [0.29, 0.717) is 4.99 Å². The van der Waals surface area contributed by atoms with Crippen molar-refractivity contribution in [2.75, 3.05) is 11.9 Å². The van der Waals surface area contributed by atoms with Crippen LogP contribution in [0.2, 0.25) is 0 Å². The number of rotatable bonds is 6. The maximum atomic E-state index is 5.78. The van der Waals surface area contributed by atoms with Crippen molar-refractivity contribution in [2.45, 2.75) is 38.5 Å². The van der Waals surface area contributed by atoms with E-state index in [2.05, 4.69) is 21.2 Å². The summed E-state index contributed by atoms with van der Waals surface area (Å²) in [6.45, 7) is 0.989. The molecule has 1 aromatic rings. The molecule has 0 spiro atoms. The summed E-state index contributed by atoms with van der Waals surface area (Å²) >= 11 is 8.61. The van der Waals surface area contributed by atoms with E-state index in [9.17, 15) is 0 Å². The number of anilines is 1. The molecule has 1 aromatic carbocycles. The lowest BCUT2D eigenvalue weighted by molar-refractivity contribution is 0.491. The van der Waals surface area contributed by atoms with E-state index >= 15 is 0 Å². The zero-order valence-electron chi connectivity index (χ0n) is 11.1. The van der Waals surface area contributed by atoms with Gasteiger partial charge >= 0.3 is 0 Å². The van der Waals surface area contributed by atoms with Crippen molar-refractivity contribution in [3.05, 3.63) is 28.2 Å². The molecule has 1 fully saturated rings. The van der Waals surface area contributed by atoms with Crippen LogP contribution < -0.4 is 11.1 Å². The number of halogens is 1. The second-order valence-corrected chi connectivity index (χ2v) is 6.54. The summed E-state index contributed by atoms with van der Waals surface area (Å²) in [5.74, 6) is 0.958. The number of nitrogens with two attached hydrogens (primary N) is 1. The summed E-state index contributed by atoms with van der Waals surface area (Å²) in [6, 6.07) is 6.01. The van der Waals surface area contributed by atoms with Crippen molar-refractivity contribution in [2.24, 2.45) is 11.7 Å². The number of thiocarbonyl (C=S) groups is 1. The fraction of sp³-hybridized carbons (Fsp3) is 0.533. The van der Waals surface area contributed by atoms with E-state index in [1.165, 1.54) is 38.5 Å². The van der Waals surface area contributed by atoms with Gasteiger partial charge in [0.15, 0.2) is 0 Å². The molecule has 19 heavy (non-hydrogen) atoms. The first-order chi connectivity index (χ1) is 9.18. The SMILES string of the molecule is NC(=S)c1c(Br)cccc1NCCCC1CCCC1. The van der Waals surface area contributed by atoms with Gasteiger partial charge in [-0.25, -0.2) is 0 Å². The smallest absolute Gasteiger partial charge is 0.107 e. The van der Waals surface area contributed by atoms with E-state index in [0.717, 1.165) is 28.2 Å². The quantitative estimate of drug-likeness (QED) is 0.592. The first-order valence-electron chi connectivity index (χ1n) is 7.00. The van der Waals surface area contributed by atoms with Gasteiger partial charge in [-0.15, -0.1) is 0 Å². The molecule has 0 saturated heterocycles. The van der Waals surface area contributed by atoms with Crippen LogP contribution in [0.4, 0.5) is 5.69 Å². The van der Waals surface area contributed by atoms with Gasteiger partial charge in [-0.05, 0) is 46.8 Å². The molecule has 0 amide bonds. The summed E-state index contributed by atoms with van der Waals surface area (Å²) < 4.78 is 0.959. The first-order valence-corrected chi connectivity index (χ1v) is 8.21. The zero-order valence-corrected chi connectivity index (χ0v) is 13.5. The Morgan fingerprint density at radius 3 is 2.79 bits per heavy atom. The largest absolute Gasteiger partial charge is 0.389 e. The predicted molar refractivity (Wildman–Crippen MR) is 89.7 cm³/mol. The van der Waals surface area contributed by atoms with E-state index < -0.39 is 0 Å². The van der Waals surface area contributed by atoms with Gasteiger partial charge in [-0.2, -0.15) is 0 Å². The summed E-state index contributed by atoms with van der Waals surface area (Å²) in [4.78, 5) is 0.436. The van der Waals surface area contributed by atoms with Crippen LogP contribution in [0.1, 0.15) is 44.1 Å². The van der Waals surface area contributed by atoms with Gasteiger partial charge in [0.1, 0.15) is 4.99 Å². The summed E-state index contributed by atoms with van der Waals surface area (Å²) in [5.41, 5.74) is 7.73. The van der Waals surface area contributed by atoms with Crippen LogP contribution in [0.25, 0.3) is 0 Å². The van der Waals surface area contributed by atoms with Crippen LogP contribution in [0.5, 0.6) is 0 Å². The van der Waals surface area contributed by atoms with E-state index in [-0.39, 0.29) is 0 Å². The first kappa shape index (κ1) is 14.8. The van der Waals surface area contributed by atoms with E-state index in [1.807, 2.05) is 18.2 Å². The fourth-order valence-electron chi connectivity index (χ4n) is 2.83. The molecule has 0 bridgehead atoms. The van der Waals surface area contributed by atoms with Crippen LogP contribution in [0, 0.1) is 5.92 Å². The monoisotopic (exact) mass is 340 g/mol. The minimum absolute atomic E-state index is 0.436. The Hall–Kier alpha value is -0.610. The lowest BCUT2D eigenvalue weighted by Gasteiger charge is -2.14. The van der Waals surface area contributed by atoms with Gasteiger partial charge in [0.25, 0.3) is 0 Å². The third-order valence-electron chi connectivity index (χ3n) is 3.84. The summed E-state index contributed by atoms with van der Waals surface area (Å²) in [5, 5.41) is 3.46. The lowest BCUT2D eigenvalue weighted by Crippen LogP contribution is -2.14. The molecule has 1 saturated carbocycles. The van der Waals surface area contributed by atoms with Crippen LogP contribution in [-0.2, 0) is 0 Å². The maximum absolute atomic E-state index is 5.78. The number of nitrogens with one attached hydrogen (secondary N) is 1. The Labute approximate surface area is 129 Å². The van der Waals surface area contributed by atoms with Crippen LogP contribution in [0.3, 0.4) is 0 Å². The lowest BCUT2D eigenvalue weighted by atomic mass is 10.0. The second kappa shape index (κ2) is 7.25. The third-order valence-corrected chi connectivity index (χ3v) is 4.70. The highest BCUT2D eigenvalue weighted by atomic mass is 79.9. The molecule has 0 radical (unpaired) electrons. The van der Waals surface area contributed by atoms with Gasteiger partial charge < -0.3 is 11.1 Å². The Bertz CT molecular complexity index is 442. The number of hydrogen-bond acceptors (Lipinski definition) is 2. The zero-order chi connectivity index (χ0) is 13.7. The second-order valence-electron chi connectivity index (χ2n) is 5.25. The molecule has 104 valence electrons. The van der Waals surface area contributed by atoms with Crippen molar-refractivity contribution in [3.8, 4) is 0 Å². The molecule has 2 rings (SSSR count). The molecule has 0 unspecified atom stereocenters. The molecular formula is C15H21BrN2S. The van der Waals surface area contributed by atoms with Crippen molar-refractivity contribution < 1.29 is 0 Å². The third kappa shape index (κ3) is 4.18. The fourth-order valence-corrected chi connectivity index (χ4v) is 3.77. The minimum Gasteiger partial charge on any atom is -0.389 e. The Kier molecular flexibility index (Phi) is 5.64. The molecule has 1 aliphatic rings. The Morgan fingerprint density at radius 2 is 2.11 bits per heavy atom. The van der Waals surface area contributed by atoms with Crippen molar-refractivity contribution >= 4 is 38.8 Å². The summed E-state index contributed by atoms with van der Waals surface area (Å²) in [7, 11) is 0. The van der Waals surface area contributed by atoms with Crippen LogP contribution in [-0.4, -0.2) is 11.5 Å². The predicted octanol–water partition coefficient (Wildman–Crippen LogP) is 4.47. The highest BCUT2D eigenvalue weighted by Crippen LogP contribution is 2.29. The molecule has 1 aliphatic carbocycles. The normalized spacial score (nSPS) is 15.6. The summed E-state index contributed by atoms with van der Waals surface area (Å²) in [6.07, 6.45) is 8.26. The van der Waals surface area contributed by atoms with Gasteiger partial charge in [-0.1, -0.05) is 44.0 Å². The molecule has 4 heteroatoms. The van der Waals surface area contributed by atoms with E-state index in [1.54, 1.807) is 0 Å². The molecule has 3 N–H and O–H groups in total. The Morgan fingerprint density at radius 1 is 1.37 bits per heavy atom. The van der Waals surface area contributed by atoms with Gasteiger partial charge in [0.2, 0.25) is 0 Å². The van der Waals surface area contributed by atoms with Gasteiger partial charge in [0.05, 0.1) is 0 Å². The van der Waals surface area contributed by atoms with Gasteiger partial charge in [0, 0.05) is 22.3 Å².